The average Bonchev–Trinajstić information content (AvgIpc) is 3.53. The number of hydrogen-bond acceptors (Lipinski definition) is 7. The van der Waals surface area contributed by atoms with Crippen molar-refractivity contribution in [2.24, 2.45) is 11.8 Å². The van der Waals surface area contributed by atoms with Gasteiger partial charge in [0.25, 0.3) is 5.79 Å². The van der Waals surface area contributed by atoms with E-state index in [9.17, 15) is 9.18 Å². The molecular weight excluding hydrogens is 628 g/mol. The summed E-state index contributed by atoms with van der Waals surface area (Å²) in [5, 5.41) is 0.306. The maximum Gasteiger partial charge on any atom is 0.338 e. The fourth-order valence-corrected chi connectivity index (χ4v) is 7.63. The Morgan fingerprint density at radius 1 is 1.09 bits per heavy atom. The number of nitrogens with zero attached hydrogens (tertiary/aromatic N) is 5. The highest BCUT2D eigenvalue weighted by molar-refractivity contribution is 6.30. The number of para-hydroxylation sites is 1. The number of rotatable bonds is 8. The van der Waals surface area contributed by atoms with Crippen LogP contribution in [0.15, 0.2) is 61.1 Å². The molecule has 3 aromatic carbocycles. The number of carbonyl (C=O) groups is 1. The second-order valence-corrected chi connectivity index (χ2v) is 13.0. The van der Waals surface area contributed by atoms with Crippen LogP contribution >= 0.6 is 11.6 Å². The van der Waals surface area contributed by atoms with Crippen molar-refractivity contribution in [3.05, 3.63) is 106 Å². The van der Waals surface area contributed by atoms with Crippen molar-refractivity contribution in [3.8, 4) is 11.5 Å². The number of aromatic nitrogens is 4. The van der Waals surface area contributed by atoms with E-state index in [1.165, 1.54) is 19.2 Å². The lowest BCUT2D eigenvalue weighted by molar-refractivity contribution is -0.0710. The number of aryl methyl sites for hydroxylation is 1. The zero-order valence-corrected chi connectivity index (χ0v) is 26.8. The van der Waals surface area contributed by atoms with Crippen molar-refractivity contribution in [3.63, 3.8) is 0 Å². The molecule has 2 fully saturated rings. The van der Waals surface area contributed by atoms with Crippen molar-refractivity contribution >= 4 is 28.6 Å². The van der Waals surface area contributed by atoms with E-state index in [1.807, 2.05) is 28.2 Å². The molecule has 12 heteroatoms. The molecule has 0 spiro atoms. The van der Waals surface area contributed by atoms with Gasteiger partial charge in [-0.2, -0.15) is 0 Å². The quantitative estimate of drug-likeness (QED) is 0.176. The zero-order valence-electron chi connectivity index (χ0n) is 26.0. The molecule has 0 bridgehead atoms. The van der Waals surface area contributed by atoms with E-state index in [4.69, 9.17) is 30.8 Å². The molecular formula is C35H32ClF2N5O4. The Hall–Kier alpha value is -4.48. The van der Waals surface area contributed by atoms with Crippen molar-refractivity contribution < 1.29 is 27.8 Å². The zero-order chi connectivity index (χ0) is 32.6. The predicted molar refractivity (Wildman–Crippen MR) is 169 cm³/mol. The number of benzene rings is 3. The van der Waals surface area contributed by atoms with Crippen LogP contribution in [0.5, 0.6) is 11.5 Å². The molecule has 1 unspecified atom stereocenters. The van der Waals surface area contributed by atoms with Gasteiger partial charge in [0.1, 0.15) is 17.2 Å². The normalized spacial score (nSPS) is 23.0. The summed E-state index contributed by atoms with van der Waals surface area (Å²) in [5.74, 6) is 0.0547. The van der Waals surface area contributed by atoms with E-state index in [-0.39, 0.29) is 22.6 Å². The molecule has 242 valence electrons. The van der Waals surface area contributed by atoms with Crippen LogP contribution in [-0.2, 0) is 30.2 Å². The second kappa shape index (κ2) is 11.1. The van der Waals surface area contributed by atoms with Crippen LogP contribution in [0.25, 0.3) is 11.0 Å². The van der Waals surface area contributed by atoms with Crippen LogP contribution in [-0.4, -0.2) is 50.2 Å². The Balaban J connectivity index is 1.04. The van der Waals surface area contributed by atoms with Gasteiger partial charge < -0.3 is 23.3 Å². The van der Waals surface area contributed by atoms with Crippen LogP contribution < -0.4 is 9.47 Å². The van der Waals surface area contributed by atoms with E-state index in [0.717, 1.165) is 30.9 Å². The van der Waals surface area contributed by atoms with Gasteiger partial charge >= 0.3 is 5.97 Å². The minimum Gasteiger partial charge on any atom is -0.465 e. The summed E-state index contributed by atoms with van der Waals surface area (Å²) in [4.78, 5) is 23.7. The molecule has 0 N–H and O–H groups in total. The number of imidazole rings is 2. The van der Waals surface area contributed by atoms with Crippen molar-refractivity contribution in [1.82, 2.24) is 24.0 Å². The highest BCUT2D eigenvalue weighted by Crippen LogP contribution is 2.62. The van der Waals surface area contributed by atoms with Crippen LogP contribution in [0.2, 0.25) is 5.02 Å². The summed E-state index contributed by atoms with van der Waals surface area (Å²) in [6.45, 7) is 7.09. The van der Waals surface area contributed by atoms with Gasteiger partial charge in [0, 0.05) is 43.3 Å². The number of halogens is 3. The van der Waals surface area contributed by atoms with E-state index in [2.05, 4.69) is 16.0 Å². The highest BCUT2D eigenvalue weighted by atomic mass is 35.5. The second-order valence-electron chi connectivity index (χ2n) is 12.6. The van der Waals surface area contributed by atoms with E-state index in [1.54, 1.807) is 37.6 Å². The number of piperidine rings is 1. The van der Waals surface area contributed by atoms with Gasteiger partial charge in [0.05, 0.1) is 48.9 Å². The van der Waals surface area contributed by atoms with E-state index < -0.39 is 23.4 Å². The standard InChI is InChI=1S/C35H32ClF2N5O4/c1-4-42-18-39-13-21(42)14-43-28-11-19(34(44)45-3)10-27(38)32(28)40-30(43)17-41-15-23-24(16-41)31(23)22-6-5-7-29-33(22)47-35(2,46-29)25-9-8-20(36)12-26(25)37/h5-13,18,23-24,31H,4,14-17H2,1-3H3/t23-,24+,31-,35?. The molecule has 1 aliphatic carbocycles. The molecule has 9 nitrogen and oxygen atoms in total. The van der Waals surface area contributed by atoms with Crippen molar-refractivity contribution in [2.75, 3.05) is 20.2 Å². The third-order valence-corrected chi connectivity index (χ3v) is 10.0. The van der Waals surface area contributed by atoms with E-state index >= 15 is 4.39 Å². The molecule has 8 rings (SSSR count). The molecule has 2 aromatic heterocycles. The van der Waals surface area contributed by atoms with Gasteiger partial charge in [0.2, 0.25) is 0 Å². The summed E-state index contributed by atoms with van der Waals surface area (Å²) in [5.41, 5.74) is 3.18. The molecule has 0 amide bonds. The molecule has 0 radical (unpaired) electrons. The summed E-state index contributed by atoms with van der Waals surface area (Å²) < 4.78 is 51.7. The lowest BCUT2D eigenvalue weighted by atomic mass is 10.0. The smallest absolute Gasteiger partial charge is 0.338 e. The van der Waals surface area contributed by atoms with Gasteiger partial charge in [-0.3, -0.25) is 4.90 Å². The summed E-state index contributed by atoms with van der Waals surface area (Å²) in [7, 11) is 1.28. The molecule has 5 aromatic rings. The van der Waals surface area contributed by atoms with Gasteiger partial charge in [-0.15, -0.1) is 0 Å². The first-order valence-electron chi connectivity index (χ1n) is 15.6. The van der Waals surface area contributed by atoms with Crippen LogP contribution in [0, 0.1) is 23.5 Å². The number of carbonyl (C=O) groups excluding carboxylic acids is 1. The van der Waals surface area contributed by atoms with Gasteiger partial charge in [-0.25, -0.2) is 23.5 Å². The van der Waals surface area contributed by atoms with Crippen molar-refractivity contribution in [2.45, 2.75) is 45.2 Å². The van der Waals surface area contributed by atoms with Crippen LogP contribution in [0.4, 0.5) is 8.78 Å². The Labute approximate surface area is 274 Å². The molecule has 47 heavy (non-hydrogen) atoms. The predicted octanol–water partition coefficient (Wildman–Crippen LogP) is 6.51. The number of ether oxygens (including phenoxy) is 3. The third-order valence-electron chi connectivity index (χ3n) is 9.79. The maximum atomic E-state index is 15.3. The topological polar surface area (TPSA) is 83.6 Å². The number of likely N-dealkylation sites (tertiary alicyclic amines) is 1. The number of methoxy groups -OCH3 is 1. The number of esters is 1. The minimum atomic E-state index is -1.31. The summed E-state index contributed by atoms with van der Waals surface area (Å²) in [6, 6.07) is 13.2. The Morgan fingerprint density at radius 3 is 2.64 bits per heavy atom. The first kappa shape index (κ1) is 29.9. The third kappa shape index (κ3) is 4.94. The number of hydrogen-bond donors (Lipinski definition) is 0. The molecule has 1 saturated carbocycles. The molecule has 1 saturated heterocycles. The van der Waals surface area contributed by atoms with Crippen LogP contribution in [0.3, 0.4) is 0 Å². The molecule has 2 aliphatic heterocycles. The lowest BCUT2D eigenvalue weighted by Crippen LogP contribution is -2.32. The fraction of sp³-hybridized carbons (Fsp3) is 0.343. The van der Waals surface area contributed by atoms with Gasteiger partial charge in [-0.1, -0.05) is 23.7 Å². The maximum absolute atomic E-state index is 15.3. The molecule has 4 heterocycles. The fourth-order valence-electron chi connectivity index (χ4n) is 7.47. The van der Waals surface area contributed by atoms with Crippen molar-refractivity contribution in [1.29, 1.82) is 0 Å². The van der Waals surface area contributed by atoms with Gasteiger partial charge in [0.15, 0.2) is 17.3 Å². The average molecular weight is 660 g/mol. The molecule has 3 aliphatic rings. The summed E-state index contributed by atoms with van der Waals surface area (Å²) >= 11 is 5.99. The SMILES string of the molecule is CCn1cncc1Cn1c(CN2C[C@@H]3[C@H](C2)[C@@H]3c2cccc3c2OC(C)(c2ccc(Cl)cc2F)O3)nc2c(F)cc(C(=O)OC)cc21. The van der Waals surface area contributed by atoms with Crippen LogP contribution in [0.1, 0.15) is 52.8 Å². The highest BCUT2D eigenvalue weighted by Gasteiger charge is 2.58. The molecule has 4 atom stereocenters. The minimum absolute atomic E-state index is 0.135. The van der Waals surface area contributed by atoms with E-state index in [0.29, 0.717) is 52.8 Å². The first-order valence-corrected chi connectivity index (χ1v) is 16.0. The Bertz CT molecular complexity index is 2050. The monoisotopic (exact) mass is 659 g/mol. The Kier molecular flexibility index (Phi) is 7.03. The number of fused-ring (bicyclic) bond motifs is 3. The first-order chi connectivity index (χ1) is 22.7. The van der Waals surface area contributed by atoms with Gasteiger partial charge in [-0.05, 0) is 61.1 Å². The lowest BCUT2D eigenvalue weighted by Gasteiger charge is -2.24. The Morgan fingerprint density at radius 2 is 1.89 bits per heavy atom. The largest absolute Gasteiger partial charge is 0.465 e. The summed E-state index contributed by atoms with van der Waals surface area (Å²) in [6.07, 6.45) is 3.57.